The Morgan fingerprint density at radius 2 is 1.62 bits per heavy atom. The smallest absolute Gasteiger partial charge is 0.0763 e. The summed E-state index contributed by atoms with van der Waals surface area (Å²) >= 11 is 0. The standard InChI is InChI=1S/C20H20O/c1-2-4-17(5-3-1)18-8-6-15(7-9-18)12-16-13-19-10-11-20(14-16)21-19/h1-9,13,19-20H,10-12,14H2. The van der Waals surface area contributed by atoms with E-state index in [0.29, 0.717) is 12.2 Å². The van der Waals surface area contributed by atoms with Crippen LogP contribution in [-0.2, 0) is 11.2 Å². The van der Waals surface area contributed by atoms with Gasteiger partial charge in [-0.25, -0.2) is 0 Å². The Kier molecular flexibility index (Phi) is 3.36. The number of hydrogen-bond donors (Lipinski definition) is 0. The van der Waals surface area contributed by atoms with Gasteiger partial charge >= 0.3 is 0 Å². The number of ether oxygens (including phenoxy) is 1. The highest BCUT2D eigenvalue weighted by Gasteiger charge is 2.29. The molecule has 1 nitrogen and oxygen atoms in total. The number of hydrogen-bond acceptors (Lipinski definition) is 1. The zero-order valence-electron chi connectivity index (χ0n) is 12.2. The summed E-state index contributed by atoms with van der Waals surface area (Å²) in [5.74, 6) is 0. The maximum atomic E-state index is 5.87. The van der Waals surface area contributed by atoms with Crippen LogP contribution in [0.3, 0.4) is 0 Å². The van der Waals surface area contributed by atoms with Crippen molar-refractivity contribution >= 4 is 0 Å². The van der Waals surface area contributed by atoms with E-state index in [9.17, 15) is 0 Å². The third-order valence-electron chi connectivity index (χ3n) is 4.54. The lowest BCUT2D eigenvalue weighted by molar-refractivity contribution is 0.0602. The molecule has 1 saturated heterocycles. The first kappa shape index (κ1) is 12.8. The lowest BCUT2D eigenvalue weighted by Gasteiger charge is -2.20. The molecule has 2 aromatic rings. The van der Waals surface area contributed by atoms with E-state index in [1.165, 1.54) is 29.5 Å². The van der Waals surface area contributed by atoms with Gasteiger partial charge in [0.15, 0.2) is 0 Å². The minimum Gasteiger partial charge on any atom is -0.371 e. The molecule has 4 rings (SSSR count). The second kappa shape index (κ2) is 5.50. The second-order valence-corrected chi connectivity index (χ2v) is 6.14. The molecule has 0 saturated carbocycles. The first-order valence-corrected chi connectivity index (χ1v) is 7.86. The predicted octanol–water partition coefficient (Wildman–Crippen LogP) is 4.77. The molecule has 0 amide bonds. The van der Waals surface area contributed by atoms with Crippen molar-refractivity contribution in [3.63, 3.8) is 0 Å². The molecule has 2 aliphatic heterocycles. The summed E-state index contributed by atoms with van der Waals surface area (Å²) in [6, 6.07) is 19.6. The van der Waals surface area contributed by atoms with Crippen molar-refractivity contribution in [1.29, 1.82) is 0 Å². The Hall–Kier alpha value is -1.86. The average molecular weight is 276 g/mol. The Balaban J connectivity index is 1.50. The van der Waals surface area contributed by atoms with Crippen LogP contribution >= 0.6 is 0 Å². The van der Waals surface area contributed by atoms with Crippen molar-refractivity contribution in [2.45, 2.75) is 37.9 Å². The largest absolute Gasteiger partial charge is 0.371 e. The van der Waals surface area contributed by atoms with Crippen LogP contribution < -0.4 is 0 Å². The van der Waals surface area contributed by atoms with Crippen molar-refractivity contribution in [2.75, 3.05) is 0 Å². The van der Waals surface area contributed by atoms with Gasteiger partial charge in [-0.3, -0.25) is 0 Å². The summed E-state index contributed by atoms with van der Waals surface area (Å²) in [6.45, 7) is 0. The summed E-state index contributed by atoms with van der Waals surface area (Å²) < 4.78 is 5.87. The molecule has 1 fully saturated rings. The quantitative estimate of drug-likeness (QED) is 0.733. The molecule has 2 bridgehead atoms. The normalized spacial score (nSPS) is 23.9. The van der Waals surface area contributed by atoms with Gasteiger partial charge in [0.1, 0.15) is 0 Å². The second-order valence-electron chi connectivity index (χ2n) is 6.14. The van der Waals surface area contributed by atoms with Gasteiger partial charge in [-0.2, -0.15) is 0 Å². The van der Waals surface area contributed by atoms with Crippen LogP contribution in [0.4, 0.5) is 0 Å². The molecular weight excluding hydrogens is 256 g/mol. The molecule has 2 atom stereocenters. The topological polar surface area (TPSA) is 9.23 Å². The van der Waals surface area contributed by atoms with Crippen LogP contribution in [0.1, 0.15) is 24.8 Å². The molecular formula is C20H20O. The predicted molar refractivity (Wildman–Crippen MR) is 86.2 cm³/mol. The van der Waals surface area contributed by atoms with E-state index >= 15 is 0 Å². The van der Waals surface area contributed by atoms with E-state index in [-0.39, 0.29) is 0 Å². The van der Waals surface area contributed by atoms with Gasteiger partial charge in [-0.15, -0.1) is 0 Å². The summed E-state index contributed by atoms with van der Waals surface area (Å²) in [5, 5.41) is 0. The van der Waals surface area contributed by atoms with E-state index in [1.807, 2.05) is 0 Å². The molecule has 0 aromatic heterocycles. The van der Waals surface area contributed by atoms with E-state index < -0.39 is 0 Å². The monoisotopic (exact) mass is 276 g/mol. The SMILES string of the molecule is C1=C(Cc2ccc(-c3ccccc3)cc2)CC2CCC1O2. The molecule has 2 aliphatic rings. The summed E-state index contributed by atoms with van der Waals surface area (Å²) in [6.07, 6.45) is 7.87. The summed E-state index contributed by atoms with van der Waals surface area (Å²) in [4.78, 5) is 0. The Labute approximate surface area is 126 Å². The van der Waals surface area contributed by atoms with Gasteiger partial charge in [-0.1, -0.05) is 66.2 Å². The molecule has 106 valence electrons. The average Bonchev–Trinajstić information content (AvgIpc) is 2.88. The zero-order chi connectivity index (χ0) is 14.1. The number of fused-ring (bicyclic) bond motifs is 2. The first-order valence-electron chi connectivity index (χ1n) is 7.86. The minimum atomic E-state index is 0.391. The van der Waals surface area contributed by atoms with E-state index in [0.717, 1.165) is 12.8 Å². The van der Waals surface area contributed by atoms with Crippen LogP contribution in [0, 0.1) is 0 Å². The van der Waals surface area contributed by atoms with Crippen LogP contribution in [0.5, 0.6) is 0 Å². The molecule has 21 heavy (non-hydrogen) atoms. The number of rotatable bonds is 3. The summed E-state index contributed by atoms with van der Waals surface area (Å²) in [5.41, 5.74) is 5.54. The van der Waals surface area contributed by atoms with Crippen molar-refractivity contribution in [1.82, 2.24) is 0 Å². The minimum absolute atomic E-state index is 0.391. The van der Waals surface area contributed by atoms with Gasteiger partial charge in [0.2, 0.25) is 0 Å². The van der Waals surface area contributed by atoms with E-state index in [2.05, 4.69) is 60.7 Å². The van der Waals surface area contributed by atoms with Crippen LogP contribution in [0.2, 0.25) is 0 Å². The Morgan fingerprint density at radius 1 is 0.857 bits per heavy atom. The van der Waals surface area contributed by atoms with Gasteiger partial charge in [0.05, 0.1) is 12.2 Å². The van der Waals surface area contributed by atoms with Gasteiger partial charge in [0, 0.05) is 0 Å². The first-order chi connectivity index (χ1) is 10.4. The fourth-order valence-electron chi connectivity index (χ4n) is 3.47. The molecule has 1 heteroatoms. The van der Waals surface area contributed by atoms with Gasteiger partial charge < -0.3 is 4.74 Å². The van der Waals surface area contributed by atoms with Crippen LogP contribution in [0.15, 0.2) is 66.2 Å². The van der Waals surface area contributed by atoms with Gasteiger partial charge in [0.25, 0.3) is 0 Å². The molecule has 2 heterocycles. The molecule has 0 radical (unpaired) electrons. The van der Waals surface area contributed by atoms with E-state index in [1.54, 1.807) is 5.57 Å². The zero-order valence-corrected chi connectivity index (χ0v) is 12.2. The van der Waals surface area contributed by atoms with E-state index in [4.69, 9.17) is 4.74 Å². The Morgan fingerprint density at radius 3 is 2.38 bits per heavy atom. The maximum absolute atomic E-state index is 5.87. The van der Waals surface area contributed by atoms with Crippen molar-refractivity contribution < 1.29 is 4.74 Å². The third-order valence-corrected chi connectivity index (χ3v) is 4.54. The fraction of sp³-hybridized carbons (Fsp3) is 0.300. The number of benzene rings is 2. The summed E-state index contributed by atoms with van der Waals surface area (Å²) in [7, 11) is 0. The lowest BCUT2D eigenvalue weighted by atomic mass is 9.97. The van der Waals surface area contributed by atoms with Crippen LogP contribution in [0.25, 0.3) is 11.1 Å². The molecule has 2 aromatic carbocycles. The molecule has 0 aliphatic carbocycles. The van der Waals surface area contributed by atoms with Crippen molar-refractivity contribution in [2.24, 2.45) is 0 Å². The third kappa shape index (κ3) is 2.79. The van der Waals surface area contributed by atoms with Crippen molar-refractivity contribution in [3.8, 4) is 11.1 Å². The lowest BCUT2D eigenvalue weighted by Crippen LogP contribution is -2.17. The fourth-order valence-corrected chi connectivity index (χ4v) is 3.47. The highest BCUT2D eigenvalue weighted by Crippen LogP contribution is 2.33. The molecule has 2 unspecified atom stereocenters. The maximum Gasteiger partial charge on any atom is 0.0763 e. The highest BCUT2D eigenvalue weighted by molar-refractivity contribution is 5.63. The van der Waals surface area contributed by atoms with Crippen molar-refractivity contribution in [3.05, 3.63) is 71.8 Å². The molecule has 0 N–H and O–H groups in total. The highest BCUT2D eigenvalue weighted by atomic mass is 16.5. The molecule has 0 spiro atoms. The van der Waals surface area contributed by atoms with Crippen LogP contribution in [-0.4, -0.2) is 12.2 Å². The Bertz CT molecular complexity index is 639. The van der Waals surface area contributed by atoms with Gasteiger partial charge in [-0.05, 0) is 42.4 Å².